The summed E-state index contributed by atoms with van der Waals surface area (Å²) < 4.78 is 13.1. The summed E-state index contributed by atoms with van der Waals surface area (Å²) in [4.78, 5) is 30.8. The lowest BCUT2D eigenvalue weighted by Crippen LogP contribution is -2.55. The summed E-state index contributed by atoms with van der Waals surface area (Å²) in [5, 5.41) is 8.66. The van der Waals surface area contributed by atoms with Crippen LogP contribution in [0.3, 0.4) is 0 Å². The van der Waals surface area contributed by atoms with Crippen LogP contribution in [0.15, 0.2) is 41.8 Å². The molecule has 2 N–H and O–H groups in total. The average molecular weight is 489 g/mol. The van der Waals surface area contributed by atoms with Crippen LogP contribution in [0.4, 0.5) is 10.1 Å². The summed E-state index contributed by atoms with van der Waals surface area (Å²) in [7, 11) is 0. The number of thiophene rings is 1. The van der Waals surface area contributed by atoms with Crippen LogP contribution in [0, 0.1) is 11.7 Å². The Balaban J connectivity index is 1.39. The van der Waals surface area contributed by atoms with Crippen LogP contribution >= 0.6 is 23.6 Å². The number of halogens is 1. The van der Waals surface area contributed by atoms with E-state index in [1.165, 1.54) is 23.5 Å². The van der Waals surface area contributed by atoms with Gasteiger partial charge in [-0.15, -0.1) is 11.3 Å². The number of thiocarbonyl (C=S) groups is 1. The molecule has 2 amide bonds. The second kappa shape index (κ2) is 11.1. The molecule has 2 aliphatic heterocycles. The van der Waals surface area contributed by atoms with Crippen LogP contribution in [0.1, 0.15) is 41.8 Å². The number of rotatable bonds is 5. The SMILES string of the molecule is O=C(N[C@H](C(=O)N1CCCCC1)C1CCN(C(=S)Nc2ccc(F)cc2)CC1)c1cccs1. The zero-order valence-electron chi connectivity index (χ0n) is 18.5. The first-order valence-electron chi connectivity index (χ1n) is 11.5. The molecule has 0 radical (unpaired) electrons. The fraction of sp³-hybridized carbons (Fsp3) is 0.458. The topological polar surface area (TPSA) is 64.7 Å². The zero-order valence-corrected chi connectivity index (χ0v) is 20.1. The normalized spacial score (nSPS) is 18.0. The van der Waals surface area contributed by atoms with Crippen LogP contribution in [0.2, 0.25) is 0 Å². The average Bonchev–Trinajstić information content (AvgIpc) is 3.39. The summed E-state index contributed by atoms with van der Waals surface area (Å²) in [6.45, 7) is 2.90. The van der Waals surface area contributed by atoms with Crippen molar-refractivity contribution in [3.63, 3.8) is 0 Å². The molecule has 2 aromatic rings. The fourth-order valence-corrected chi connectivity index (χ4v) is 5.41. The van der Waals surface area contributed by atoms with E-state index < -0.39 is 6.04 Å². The molecule has 1 aromatic carbocycles. The van der Waals surface area contributed by atoms with Gasteiger partial charge in [0.05, 0.1) is 4.88 Å². The molecular weight excluding hydrogens is 459 g/mol. The number of piperidine rings is 2. The molecule has 0 saturated carbocycles. The van der Waals surface area contributed by atoms with E-state index in [4.69, 9.17) is 12.2 Å². The smallest absolute Gasteiger partial charge is 0.262 e. The number of anilines is 1. The first-order chi connectivity index (χ1) is 16.0. The van der Waals surface area contributed by atoms with Crippen molar-refractivity contribution >= 4 is 46.2 Å². The van der Waals surface area contributed by atoms with Crippen LogP contribution in [-0.2, 0) is 4.79 Å². The number of amides is 2. The van der Waals surface area contributed by atoms with Crippen LogP contribution in [-0.4, -0.2) is 58.9 Å². The van der Waals surface area contributed by atoms with Gasteiger partial charge in [-0.05, 0) is 86.0 Å². The summed E-state index contributed by atoms with van der Waals surface area (Å²) >= 11 is 6.93. The van der Waals surface area contributed by atoms with Gasteiger partial charge in [-0.25, -0.2) is 4.39 Å². The lowest BCUT2D eigenvalue weighted by atomic mass is 9.88. The van der Waals surface area contributed by atoms with E-state index in [9.17, 15) is 14.0 Å². The first kappa shape index (κ1) is 23.6. The maximum Gasteiger partial charge on any atom is 0.262 e. The molecule has 9 heteroatoms. The fourth-order valence-electron chi connectivity index (χ4n) is 4.48. The number of hydrogen-bond acceptors (Lipinski definition) is 4. The Kier molecular flexibility index (Phi) is 7.93. The second-order valence-corrected chi connectivity index (χ2v) is 9.91. The molecule has 6 nitrogen and oxygen atoms in total. The molecule has 2 aliphatic rings. The Morgan fingerprint density at radius 1 is 1.00 bits per heavy atom. The number of nitrogens with one attached hydrogen (secondary N) is 2. The van der Waals surface area contributed by atoms with E-state index in [2.05, 4.69) is 15.5 Å². The van der Waals surface area contributed by atoms with Gasteiger partial charge in [0.15, 0.2) is 5.11 Å². The van der Waals surface area contributed by atoms with Crippen molar-refractivity contribution in [2.24, 2.45) is 5.92 Å². The summed E-state index contributed by atoms with van der Waals surface area (Å²) in [5.41, 5.74) is 0.741. The number of hydrogen-bond donors (Lipinski definition) is 2. The standard InChI is InChI=1S/C24H29FN4O2S2/c25-18-6-8-19(9-7-18)26-24(32)29-14-10-17(11-15-29)21(23(31)28-12-2-1-3-13-28)27-22(30)20-5-4-16-33-20/h4-9,16-17,21H,1-3,10-15H2,(H,26,32)(H,27,30)/t21-/m0/s1. The van der Waals surface area contributed by atoms with Crippen molar-refractivity contribution in [2.75, 3.05) is 31.5 Å². The van der Waals surface area contributed by atoms with E-state index in [1.54, 1.807) is 18.2 Å². The molecule has 0 unspecified atom stereocenters. The number of nitrogens with zero attached hydrogens (tertiary/aromatic N) is 2. The molecular formula is C24H29FN4O2S2. The lowest BCUT2D eigenvalue weighted by Gasteiger charge is -2.39. The largest absolute Gasteiger partial charge is 0.349 e. The first-order valence-corrected chi connectivity index (χ1v) is 12.7. The van der Waals surface area contributed by atoms with Gasteiger partial charge in [0.1, 0.15) is 11.9 Å². The Hall–Kier alpha value is -2.52. The minimum atomic E-state index is -0.529. The summed E-state index contributed by atoms with van der Waals surface area (Å²) in [6.07, 6.45) is 4.67. The maximum absolute atomic E-state index is 13.4. The highest BCUT2D eigenvalue weighted by Crippen LogP contribution is 2.25. The predicted molar refractivity (Wildman–Crippen MR) is 133 cm³/mol. The highest BCUT2D eigenvalue weighted by molar-refractivity contribution is 7.80. The minimum absolute atomic E-state index is 0.0325. The van der Waals surface area contributed by atoms with Crippen molar-refractivity contribution in [2.45, 2.75) is 38.1 Å². The van der Waals surface area contributed by atoms with Crippen molar-refractivity contribution < 1.29 is 14.0 Å². The third kappa shape index (κ3) is 6.09. The molecule has 0 spiro atoms. The highest BCUT2D eigenvalue weighted by atomic mass is 32.1. The van der Waals surface area contributed by atoms with Gasteiger partial charge in [0.25, 0.3) is 5.91 Å². The molecule has 0 bridgehead atoms. The molecule has 2 fully saturated rings. The van der Waals surface area contributed by atoms with E-state index in [1.807, 2.05) is 16.3 Å². The van der Waals surface area contributed by atoms with Gasteiger partial charge in [-0.3, -0.25) is 9.59 Å². The Labute approximate surface area is 203 Å². The molecule has 2 saturated heterocycles. The van der Waals surface area contributed by atoms with Gasteiger partial charge in [-0.1, -0.05) is 6.07 Å². The highest BCUT2D eigenvalue weighted by Gasteiger charge is 2.36. The quantitative estimate of drug-likeness (QED) is 0.621. The van der Waals surface area contributed by atoms with Crippen molar-refractivity contribution in [3.8, 4) is 0 Å². The van der Waals surface area contributed by atoms with Gasteiger partial charge < -0.3 is 20.4 Å². The van der Waals surface area contributed by atoms with Gasteiger partial charge >= 0.3 is 0 Å². The molecule has 176 valence electrons. The van der Waals surface area contributed by atoms with Crippen molar-refractivity contribution in [3.05, 3.63) is 52.5 Å². The summed E-state index contributed by atoms with van der Waals surface area (Å²) in [5.74, 6) is -0.393. The number of carbonyl (C=O) groups is 2. The van der Waals surface area contributed by atoms with Gasteiger partial charge in [0.2, 0.25) is 5.91 Å². The zero-order chi connectivity index (χ0) is 23.2. The van der Waals surface area contributed by atoms with Crippen LogP contribution in [0.5, 0.6) is 0 Å². The monoisotopic (exact) mass is 488 g/mol. The second-order valence-electron chi connectivity index (χ2n) is 8.58. The molecule has 3 heterocycles. The van der Waals surface area contributed by atoms with Gasteiger partial charge in [0, 0.05) is 31.9 Å². The van der Waals surface area contributed by atoms with E-state index in [0.717, 1.165) is 50.9 Å². The molecule has 1 aromatic heterocycles. The molecule has 33 heavy (non-hydrogen) atoms. The Morgan fingerprint density at radius 2 is 1.70 bits per heavy atom. The van der Waals surface area contributed by atoms with Crippen LogP contribution in [0.25, 0.3) is 0 Å². The van der Waals surface area contributed by atoms with Crippen LogP contribution < -0.4 is 10.6 Å². The van der Waals surface area contributed by atoms with Crippen molar-refractivity contribution in [1.82, 2.24) is 15.1 Å². The third-order valence-electron chi connectivity index (χ3n) is 6.36. The van der Waals surface area contributed by atoms with E-state index in [-0.39, 0.29) is 23.5 Å². The number of likely N-dealkylation sites (tertiary alicyclic amines) is 2. The van der Waals surface area contributed by atoms with Crippen molar-refractivity contribution in [1.29, 1.82) is 0 Å². The Bertz CT molecular complexity index is 953. The number of benzene rings is 1. The molecule has 1 atom stereocenters. The van der Waals surface area contributed by atoms with Gasteiger partial charge in [-0.2, -0.15) is 0 Å². The third-order valence-corrected chi connectivity index (χ3v) is 7.59. The molecule has 4 rings (SSSR count). The minimum Gasteiger partial charge on any atom is -0.349 e. The molecule has 0 aliphatic carbocycles. The van der Waals surface area contributed by atoms with E-state index >= 15 is 0 Å². The maximum atomic E-state index is 13.4. The predicted octanol–water partition coefficient (Wildman–Crippen LogP) is 4.11. The Morgan fingerprint density at radius 3 is 2.33 bits per heavy atom. The lowest BCUT2D eigenvalue weighted by molar-refractivity contribution is -0.136. The number of carbonyl (C=O) groups excluding carboxylic acids is 2. The van der Waals surface area contributed by atoms with E-state index in [0.29, 0.717) is 23.1 Å². The summed E-state index contributed by atoms with van der Waals surface area (Å²) in [6, 6.07) is 9.19.